The van der Waals surface area contributed by atoms with E-state index in [9.17, 15) is 4.79 Å². The molecule has 0 bridgehead atoms. The molecule has 6 heteroatoms. The first-order valence-electron chi connectivity index (χ1n) is 6.06. The van der Waals surface area contributed by atoms with E-state index in [4.69, 9.17) is 11.6 Å². The van der Waals surface area contributed by atoms with Crippen molar-refractivity contribution in [1.29, 1.82) is 0 Å². The zero-order chi connectivity index (χ0) is 13.8. The summed E-state index contributed by atoms with van der Waals surface area (Å²) >= 11 is 8.97. The predicted molar refractivity (Wildman–Crippen MR) is 83.2 cm³/mol. The molecule has 0 aliphatic carbocycles. The Kier molecular flexibility index (Phi) is 5.07. The summed E-state index contributed by atoms with van der Waals surface area (Å²) in [6, 6.07) is 5.88. The van der Waals surface area contributed by atoms with Crippen LogP contribution in [-0.4, -0.2) is 22.7 Å². The minimum atomic E-state index is 0.0524. The molecule has 102 valence electrons. The quantitative estimate of drug-likeness (QED) is 0.849. The second-order valence-electron chi connectivity index (χ2n) is 4.26. The van der Waals surface area contributed by atoms with Crippen molar-refractivity contribution in [3.63, 3.8) is 0 Å². The fourth-order valence-corrected chi connectivity index (χ4v) is 3.51. The van der Waals surface area contributed by atoms with Gasteiger partial charge in [0.05, 0.1) is 16.0 Å². The van der Waals surface area contributed by atoms with Crippen molar-refractivity contribution < 1.29 is 4.79 Å². The van der Waals surface area contributed by atoms with Crippen LogP contribution in [0.5, 0.6) is 0 Å². The highest BCUT2D eigenvalue weighted by Gasteiger charge is 2.09. The van der Waals surface area contributed by atoms with Gasteiger partial charge in [0, 0.05) is 11.1 Å². The number of thiazole rings is 1. The summed E-state index contributed by atoms with van der Waals surface area (Å²) in [5.74, 6) is 0.453. The normalized spacial score (nSPS) is 12.6. The molecule has 0 fully saturated rings. The fourth-order valence-electron chi connectivity index (χ4n) is 1.49. The molecule has 2 rings (SSSR count). The Morgan fingerprint density at radius 1 is 1.58 bits per heavy atom. The topological polar surface area (TPSA) is 42.0 Å². The van der Waals surface area contributed by atoms with E-state index in [0.29, 0.717) is 10.8 Å². The van der Waals surface area contributed by atoms with Crippen molar-refractivity contribution in [2.24, 2.45) is 0 Å². The van der Waals surface area contributed by atoms with Gasteiger partial charge in [-0.2, -0.15) is 0 Å². The number of rotatable bonds is 5. The van der Waals surface area contributed by atoms with Crippen molar-refractivity contribution in [3.8, 4) is 0 Å². The average Bonchev–Trinajstić information content (AvgIpc) is 2.78. The Balaban J connectivity index is 1.96. The molecule has 0 spiro atoms. The van der Waals surface area contributed by atoms with Gasteiger partial charge in [-0.15, -0.1) is 11.3 Å². The Hall–Kier alpha value is -0.780. The van der Waals surface area contributed by atoms with Crippen LogP contribution in [0.4, 0.5) is 0 Å². The van der Waals surface area contributed by atoms with Gasteiger partial charge in [-0.3, -0.25) is 4.79 Å². The molecule has 3 nitrogen and oxygen atoms in total. The zero-order valence-electron chi connectivity index (χ0n) is 10.8. The molecule has 2 aromatic rings. The number of hydrogen-bond donors (Lipinski definition) is 1. The summed E-state index contributed by atoms with van der Waals surface area (Å²) < 4.78 is 1.99. The number of fused-ring (bicyclic) bond motifs is 1. The van der Waals surface area contributed by atoms with Crippen LogP contribution in [0.3, 0.4) is 0 Å². The first-order valence-corrected chi connectivity index (χ1v) is 8.24. The molecule has 0 saturated heterocycles. The number of carbonyl (C=O) groups excluding carboxylic acids is 1. The van der Waals surface area contributed by atoms with E-state index in [-0.39, 0.29) is 11.9 Å². The lowest BCUT2D eigenvalue weighted by molar-refractivity contribution is -0.119. The lowest BCUT2D eigenvalue weighted by atomic mass is 10.3. The smallest absolute Gasteiger partial charge is 0.230 e. The summed E-state index contributed by atoms with van der Waals surface area (Å²) in [6.45, 7) is 4.05. The lowest BCUT2D eigenvalue weighted by Crippen LogP contribution is -2.33. The number of hydrogen-bond acceptors (Lipinski definition) is 4. The summed E-state index contributed by atoms with van der Waals surface area (Å²) in [4.78, 5) is 16.1. The highest BCUT2D eigenvalue weighted by atomic mass is 35.5. The molecule has 1 amide bonds. The van der Waals surface area contributed by atoms with Crippen LogP contribution < -0.4 is 5.32 Å². The summed E-state index contributed by atoms with van der Waals surface area (Å²) in [6.07, 6.45) is 0.941. The first kappa shape index (κ1) is 14.6. The Morgan fingerprint density at radius 2 is 2.37 bits per heavy atom. The molecule has 0 saturated carbocycles. The molecular formula is C13H15ClN2OS2. The summed E-state index contributed by atoms with van der Waals surface area (Å²) in [5.41, 5.74) is 0.891. The van der Waals surface area contributed by atoms with E-state index in [0.717, 1.165) is 21.0 Å². The van der Waals surface area contributed by atoms with Crippen molar-refractivity contribution in [2.45, 2.75) is 30.6 Å². The van der Waals surface area contributed by atoms with Crippen LogP contribution in [0.15, 0.2) is 22.5 Å². The molecule has 1 atom stereocenters. The maximum Gasteiger partial charge on any atom is 0.230 e. The Labute approximate surface area is 125 Å². The molecule has 1 N–H and O–H groups in total. The summed E-state index contributed by atoms with van der Waals surface area (Å²) in [7, 11) is 0. The monoisotopic (exact) mass is 314 g/mol. The van der Waals surface area contributed by atoms with E-state index in [2.05, 4.69) is 17.2 Å². The van der Waals surface area contributed by atoms with E-state index in [1.54, 1.807) is 11.3 Å². The zero-order valence-corrected chi connectivity index (χ0v) is 13.2. The number of thioether (sulfide) groups is 1. The van der Waals surface area contributed by atoms with Crippen molar-refractivity contribution in [1.82, 2.24) is 10.3 Å². The van der Waals surface area contributed by atoms with Gasteiger partial charge in [0.25, 0.3) is 0 Å². The highest BCUT2D eigenvalue weighted by Crippen LogP contribution is 2.30. The maximum absolute atomic E-state index is 11.7. The third kappa shape index (κ3) is 4.09. The molecule has 0 aliphatic heterocycles. The molecule has 1 aromatic carbocycles. The SMILES string of the molecule is CC[C@H](C)NC(=O)CSc1nc2cc(Cl)ccc2s1. The van der Waals surface area contributed by atoms with Crippen molar-refractivity contribution in [2.75, 3.05) is 5.75 Å². The van der Waals surface area contributed by atoms with E-state index < -0.39 is 0 Å². The second-order valence-corrected chi connectivity index (χ2v) is 6.95. The predicted octanol–water partition coefficient (Wildman–Crippen LogP) is 3.96. The maximum atomic E-state index is 11.7. The summed E-state index contributed by atoms with van der Waals surface area (Å²) in [5, 5.41) is 3.62. The molecule has 0 radical (unpaired) electrons. The number of nitrogens with one attached hydrogen (secondary N) is 1. The van der Waals surface area contributed by atoms with Gasteiger partial charge in [0.1, 0.15) is 0 Å². The minimum absolute atomic E-state index is 0.0524. The van der Waals surface area contributed by atoms with E-state index in [1.807, 2.05) is 25.1 Å². The van der Waals surface area contributed by atoms with Crippen LogP contribution >= 0.6 is 34.7 Å². The largest absolute Gasteiger partial charge is 0.353 e. The molecule has 1 aromatic heterocycles. The van der Waals surface area contributed by atoms with E-state index >= 15 is 0 Å². The van der Waals surface area contributed by atoms with Gasteiger partial charge in [-0.1, -0.05) is 30.3 Å². The Bertz CT molecular complexity index is 585. The molecule has 19 heavy (non-hydrogen) atoms. The minimum Gasteiger partial charge on any atom is -0.353 e. The molecule has 0 aliphatic rings. The number of carbonyl (C=O) groups is 1. The molecular weight excluding hydrogens is 300 g/mol. The van der Waals surface area contributed by atoms with Crippen molar-refractivity contribution in [3.05, 3.63) is 23.2 Å². The first-order chi connectivity index (χ1) is 9.08. The number of aromatic nitrogens is 1. The van der Waals surface area contributed by atoms with Crippen LogP contribution in [0, 0.1) is 0 Å². The average molecular weight is 315 g/mol. The van der Waals surface area contributed by atoms with Crippen LogP contribution in [-0.2, 0) is 4.79 Å². The lowest BCUT2D eigenvalue weighted by Gasteiger charge is -2.10. The van der Waals surface area contributed by atoms with Gasteiger partial charge in [-0.25, -0.2) is 4.98 Å². The number of nitrogens with zero attached hydrogens (tertiary/aromatic N) is 1. The van der Waals surface area contributed by atoms with Gasteiger partial charge < -0.3 is 5.32 Å². The van der Waals surface area contributed by atoms with Crippen LogP contribution in [0.1, 0.15) is 20.3 Å². The van der Waals surface area contributed by atoms with Gasteiger partial charge in [-0.05, 0) is 31.5 Å². The van der Waals surface area contributed by atoms with E-state index in [1.165, 1.54) is 11.8 Å². The molecule has 0 unspecified atom stereocenters. The van der Waals surface area contributed by atoms with Gasteiger partial charge >= 0.3 is 0 Å². The van der Waals surface area contributed by atoms with Crippen molar-refractivity contribution >= 4 is 50.8 Å². The van der Waals surface area contributed by atoms with Gasteiger partial charge in [0.15, 0.2) is 4.34 Å². The van der Waals surface area contributed by atoms with Crippen LogP contribution in [0.2, 0.25) is 5.02 Å². The number of benzene rings is 1. The third-order valence-electron chi connectivity index (χ3n) is 2.68. The number of halogens is 1. The van der Waals surface area contributed by atoms with Crippen LogP contribution in [0.25, 0.3) is 10.2 Å². The number of amides is 1. The second kappa shape index (κ2) is 6.59. The Morgan fingerprint density at radius 3 is 3.11 bits per heavy atom. The van der Waals surface area contributed by atoms with Gasteiger partial charge in [0.2, 0.25) is 5.91 Å². The third-order valence-corrected chi connectivity index (χ3v) is 5.09. The standard InChI is InChI=1S/C13H15ClN2OS2/c1-3-8(2)15-12(17)7-18-13-16-10-6-9(14)4-5-11(10)19-13/h4-6,8H,3,7H2,1-2H3,(H,15,17)/t8-/m0/s1. The molecule has 1 heterocycles. The highest BCUT2D eigenvalue weighted by molar-refractivity contribution is 8.01. The fraction of sp³-hybridized carbons (Fsp3) is 0.385.